The van der Waals surface area contributed by atoms with E-state index in [1.165, 1.54) is 12.3 Å². The van der Waals surface area contributed by atoms with Crippen LogP contribution in [0.1, 0.15) is 34.3 Å². The van der Waals surface area contributed by atoms with Gasteiger partial charge in [-0.25, -0.2) is 24.9 Å². The van der Waals surface area contributed by atoms with Gasteiger partial charge in [0.2, 0.25) is 11.9 Å². The first-order chi connectivity index (χ1) is 20.6. The highest BCUT2D eigenvalue weighted by atomic mass is 19.4. The molecule has 0 radical (unpaired) electrons. The molecule has 1 fully saturated rings. The lowest BCUT2D eigenvalue weighted by Crippen LogP contribution is -2.20. The predicted octanol–water partition coefficient (Wildman–Crippen LogP) is 5.62. The number of aromatic nitrogens is 5. The highest BCUT2D eigenvalue weighted by Crippen LogP contribution is 2.44. The second kappa shape index (κ2) is 10.8. The fraction of sp³-hybridized carbons (Fsp3) is 0.200. The zero-order chi connectivity index (χ0) is 30.3. The molecule has 13 heteroatoms. The molecule has 0 aliphatic carbocycles. The van der Waals surface area contributed by atoms with Crippen LogP contribution in [0.5, 0.6) is 5.75 Å². The largest absolute Gasteiger partial charge is 0.507 e. The highest BCUT2D eigenvalue weighted by molar-refractivity contribution is 6.06. The Hall–Kier alpha value is -5.33. The Kier molecular flexibility index (Phi) is 7.00. The second-order valence-corrected chi connectivity index (χ2v) is 10.2. The summed E-state index contributed by atoms with van der Waals surface area (Å²) in [5.74, 6) is -0.433. The minimum absolute atomic E-state index is 0.0218. The number of nitrogens with two attached hydrogens (primary N) is 1. The van der Waals surface area contributed by atoms with Gasteiger partial charge < -0.3 is 21.1 Å². The third-order valence-electron chi connectivity index (χ3n) is 7.30. The predicted molar refractivity (Wildman–Crippen MR) is 155 cm³/mol. The van der Waals surface area contributed by atoms with Gasteiger partial charge in [0.15, 0.2) is 0 Å². The van der Waals surface area contributed by atoms with Crippen LogP contribution in [0.4, 0.5) is 30.9 Å². The second-order valence-electron chi connectivity index (χ2n) is 10.2. The van der Waals surface area contributed by atoms with Gasteiger partial charge in [-0.3, -0.25) is 4.79 Å². The standard InChI is InChI=1S/C30H25F3N8O2/c1-16-4-5-17(27(43)39-23-12-20(6-7-35-23)30(31,32)33)10-21(16)22-11-18-13-36-28(34)40-25(18)24(26(22)42)19-14-37-29(38-15-19)41-8-2-3-9-41/h4-7,10-15,42H,2-3,8-9H2,1H3,(H2,34,36,40)(H,35,39,43). The molecule has 10 nitrogen and oxygen atoms in total. The number of aryl methyl sites for hydroxylation is 1. The number of benzene rings is 2. The van der Waals surface area contributed by atoms with Crippen molar-refractivity contribution in [3.63, 3.8) is 0 Å². The van der Waals surface area contributed by atoms with Crippen molar-refractivity contribution in [1.82, 2.24) is 24.9 Å². The molecule has 4 N–H and O–H groups in total. The van der Waals surface area contributed by atoms with Gasteiger partial charge in [-0.2, -0.15) is 13.2 Å². The van der Waals surface area contributed by atoms with Gasteiger partial charge >= 0.3 is 6.18 Å². The number of hydrogen-bond acceptors (Lipinski definition) is 9. The van der Waals surface area contributed by atoms with Crippen molar-refractivity contribution in [2.75, 3.05) is 29.0 Å². The van der Waals surface area contributed by atoms with Gasteiger partial charge in [0.05, 0.1) is 16.6 Å². The zero-order valence-corrected chi connectivity index (χ0v) is 22.9. The van der Waals surface area contributed by atoms with Crippen molar-refractivity contribution >= 4 is 34.5 Å². The van der Waals surface area contributed by atoms with E-state index in [9.17, 15) is 23.1 Å². The highest BCUT2D eigenvalue weighted by Gasteiger charge is 2.31. The number of halogens is 3. The number of aromatic hydroxyl groups is 1. The Balaban J connectivity index is 1.42. The molecule has 5 aromatic rings. The maximum absolute atomic E-state index is 13.1. The van der Waals surface area contributed by atoms with Crippen LogP contribution in [0.15, 0.2) is 61.2 Å². The lowest BCUT2D eigenvalue weighted by atomic mass is 9.92. The fourth-order valence-electron chi connectivity index (χ4n) is 5.11. The van der Waals surface area contributed by atoms with Gasteiger partial charge in [0.1, 0.15) is 11.6 Å². The zero-order valence-electron chi connectivity index (χ0n) is 22.9. The number of carbonyl (C=O) groups excluding carboxylic acids is 1. The van der Waals surface area contributed by atoms with Crippen molar-refractivity contribution in [2.24, 2.45) is 0 Å². The number of nitrogens with zero attached hydrogens (tertiary/aromatic N) is 6. The van der Waals surface area contributed by atoms with Crippen LogP contribution < -0.4 is 16.0 Å². The molecular formula is C30H25F3N8O2. The molecule has 1 aliphatic rings. The minimum Gasteiger partial charge on any atom is -0.507 e. The molecule has 6 rings (SSSR count). The van der Waals surface area contributed by atoms with E-state index in [4.69, 9.17) is 5.73 Å². The van der Waals surface area contributed by atoms with E-state index in [1.54, 1.807) is 30.6 Å². The molecule has 0 unspecified atom stereocenters. The van der Waals surface area contributed by atoms with E-state index in [-0.39, 0.29) is 23.1 Å². The van der Waals surface area contributed by atoms with Crippen molar-refractivity contribution < 1.29 is 23.1 Å². The maximum Gasteiger partial charge on any atom is 0.416 e. The SMILES string of the molecule is Cc1ccc(C(=O)Nc2cc(C(F)(F)F)ccn2)cc1-c1cc2cnc(N)nc2c(-c2cnc(N3CCCC3)nc2)c1O. The molecule has 1 amide bonds. The van der Waals surface area contributed by atoms with E-state index < -0.39 is 17.6 Å². The summed E-state index contributed by atoms with van der Waals surface area (Å²) >= 11 is 0. The summed E-state index contributed by atoms with van der Waals surface area (Å²) in [4.78, 5) is 36.5. The first-order valence-electron chi connectivity index (χ1n) is 13.4. The summed E-state index contributed by atoms with van der Waals surface area (Å²) in [6.07, 6.45) is 3.31. The van der Waals surface area contributed by atoms with E-state index >= 15 is 0 Å². The Morgan fingerprint density at radius 3 is 2.44 bits per heavy atom. The van der Waals surface area contributed by atoms with Gasteiger partial charge in [0.25, 0.3) is 5.91 Å². The van der Waals surface area contributed by atoms with Gasteiger partial charge in [-0.15, -0.1) is 0 Å². The number of rotatable bonds is 5. The van der Waals surface area contributed by atoms with Gasteiger partial charge in [0, 0.05) is 60.0 Å². The molecule has 3 aromatic heterocycles. The van der Waals surface area contributed by atoms with Crippen molar-refractivity contribution in [1.29, 1.82) is 0 Å². The first kappa shape index (κ1) is 27.8. The number of hydrogen-bond donors (Lipinski definition) is 3. The van der Waals surface area contributed by atoms with Crippen LogP contribution in [-0.4, -0.2) is 49.0 Å². The molecule has 0 bridgehead atoms. The van der Waals surface area contributed by atoms with E-state index in [1.807, 2.05) is 6.92 Å². The van der Waals surface area contributed by atoms with Crippen LogP contribution in [0, 0.1) is 6.92 Å². The summed E-state index contributed by atoms with van der Waals surface area (Å²) in [6.45, 7) is 3.56. The molecule has 218 valence electrons. The normalized spacial score (nSPS) is 13.4. The average Bonchev–Trinajstić information content (AvgIpc) is 3.52. The van der Waals surface area contributed by atoms with Crippen LogP contribution in [0.3, 0.4) is 0 Å². The number of fused-ring (bicyclic) bond motifs is 1. The quantitative estimate of drug-likeness (QED) is 0.239. The summed E-state index contributed by atoms with van der Waals surface area (Å²) < 4.78 is 39.4. The number of anilines is 3. The maximum atomic E-state index is 13.1. The van der Waals surface area contributed by atoms with Crippen molar-refractivity contribution in [3.8, 4) is 28.0 Å². The van der Waals surface area contributed by atoms with Gasteiger partial charge in [-0.05, 0) is 61.2 Å². The lowest BCUT2D eigenvalue weighted by molar-refractivity contribution is -0.137. The van der Waals surface area contributed by atoms with Crippen molar-refractivity contribution in [3.05, 3.63) is 77.9 Å². The van der Waals surface area contributed by atoms with Gasteiger partial charge in [-0.1, -0.05) is 6.07 Å². The van der Waals surface area contributed by atoms with Crippen LogP contribution in [0.25, 0.3) is 33.2 Å². The van der Waals surface area contributed by atoms with E-state index in [0.717, 1.165) is 49.8 Å². The summed E-state index contributed by atoms with van der Waals surface area (Å²) in [5.41, 5.74) is 7.97. The average molecular weight is 587 g/mol. The summed E-state index contributed by atoms with van der Waals surface area (Å²) in [5, 5.41) is 14.7. The number of nitrogen functional groups attached to an aromatic ring is 1. The first-order valence-corrected chi connectivity index (χ1v) is 13.4. The molecule has 1 aliphatic heterocycles. The number of amides is 1. The molecular weight excluding hydrogens is 561 g/mol. The van der Waals surface area contributed by atoms with E-state index in [0.29, 0.717) is 39.1 Å². The number of alkyl halides is 3. The third-order valence-corrected chi connectivity index (χ3v) is 7.30. The molecule has 0 saturated carbocycles. The monoisotopic (exact) mass is 586 g/mol. The Morgan fingerprint density at radius 2 is 1.72 bits per heavy atom. The van der Waals surface area contributed by atoms with Crippen LogP contribution in [0.2, 0.25) is 0 Å². The van der Waals surface area contributed by atoms with Crippen LogP contribution >= 0.6 is 0 Å². The Bertz CT molecular complexity index is 1860. The third kappa shape index (κ3) is 5.48. The van der Waals surface area contributed by atoms with E-state index in [2.05, 4.69) is 35.1 Å². The summed E-state index contributed by atoms with van der Waals surface area (Å²) in [7, 11) is 0. The minimum atomic E-state index is -4.58. The Morgan fingerprint density at radius 1 is 0.977 bits per heavy atom. The number of phenolic OH excluding ortho intramolecular Hbond substituents is 1. The molecule has 2 aromatic carbocycles. The number of carbonyl (C=O) groups is 1. The Labute approximate surface area is 243 Å². The fourth-order valence-corrected chi connectivity index (χ4v) is 5.11. The molecule has 0 atom stereocenters. The number of pyridine rings is 1. The molecule has 0 spiro atoms. The molecule has 1 saturated heterocycles. The number of nitrogens with one attached hydrogen (secondary N) is 1. The molecule has 43 heavy (non-hydrogen) atoms. The molecule has 4 heterocycles. The lowest BCUT2D eigenvalue weighted by Gasteiger charge is -2.17. The summed E-state index contributed by atoms with van der Waals surface area (Å²) in [6, 6.07) is 8.04. The van der Waals surface area contributed by atoms with Crippen LogP contribution in [-0.2, 0) is 6.18 Å². The van der Waals surface area contributed by atoms with Crippen molar-refractivity contribution in [2.45, 2.75) is 25.9 Å². The topological polar surface area (TPSA) is 143 Å². The smallest absolute Gasteiger partial charge is 0.416 e. The number of phenols is 1.